The molecule has 1 N–H and O–H groups in total. The van der Waals surface area contributed by atoms with Crippen LogP contribution in [-0.4, -0.2) is 22.3 Å². The zero-order chi connectivity index (χ0) is 15.5. The van der Waals surface area contributed by atoms with Crippen molar-refractivity contribution in [3.05, 3.63) is 64.1 Å². The summed E-state index contributed by atoms with van der Waals surface area (Å²) in [6.45, 7) is 0.921. The van der Waals surface area contributed by atoms with Crippen LogP contribution < -0.4 is 5.32 Å². The Balaban J connectivity index is 1.75. The number of halogens is 2. The topological polar surface area (TPSA) is 15.3 Å². The first-order valence-electron chi connectivity index (χ1n) is 6.84. The lowest BCUT2D eigenvalue weighted by molar-refractivity contribution is 0.458. The van der Waals surface area contributed by atoms with E-state index in [1.165, 1.54) is 5.56 Å². The van der Waals surface area contributed by atoms with Crippen molar-refractivity contribution in [2.75, 3.05) is 17.6 Å². The Morgan fingerprint density at radius 1 is 1.14 bits per heavy atom. The molecule has 1 fully saturated rings. The molecule has 1 aliphatic heterocycles. The lowest BCUT2D eigenvalue weighted by atomic mass is 10.2. The number of thiocarbonyl (C=S) groups is 1. The summed E-state index contributed by atoms with van der Waals surface area (Å²) in [6.07, 6.45) is 0. The van der Waals surface area contributed by atoms with E-state index >= 15 is 0 Å². The number of nitrogens with one attached hydrogen (secondary N) is 1. The van der Waals surface area contributed by atoms with Gasteiger partial charge in [0.1, 0.15) is 5.37 Å². The maximum Gasteiger partial charge on any atom is 0.174 e. The molecular formula is C16H14Cl2N2S2. The minimum atomic E-state index is 0.219. The van der Waals surface area contributed by atoms with Gasteiger partial charge in [-0.05, 0) is 48.1 Å². The number of rotatable bonds is 2. The van der Waals surface area contributed by atoms with Gasteiger partial charge in [-0.3, -0.25) is 0 Å². The lowest BCUT2D eigenvalue weighted by Gasteiger charge is -2.27. The molecule has 1 saturated heterocycles. The van der Waals surface area contributed by atoms with E-state index in [4.69, 9.17) is 35.4 Å². The number of benzene rings is 2. The molecule has 1 atom stereocenters. The first kappa shape index (κ1) is 15.9. The zero-order valence-electron chi connectivity index (χ0n) is 11.6. The highest BCUT2D eigenvalue weighted by Crippen LogP contribution is 2.38. The van der Waals surface area contributed by atoms with Crippen molar-refractivity contribution in [1.82, 2.24) is 4.90 Å². The zero-order valence-corrected chi connectivity index (χ0v) is 14.8. The fraction of sp³-hybridized carbons (Fsp3) is 0.188. The molecule has 1 aliphatic rings. The molecule has 3 rings (SSSR count). The van der Waals surface area contributed by atoms with Crippen molar-refractivity contribution in [2.45, 2.75) is 5.37 Å². The summed E-state index contributed by atoms with van der Waals surface area (Å²) in [5, 5.41) is 5.64. The van der Waals surface area contributed by atoms with E-state index in [0.717, 1.165) is 23.0 Å². The van der Waals surface area contributed by atoms with Crippen LogP contribution in [-0.2, 0) is 0 Å². The van der Waals surface area contributed by atoms with E-state index in [0.29, 0.717) is 10.1 Å². The van der Waals surface area contributed by atoms with Gasteiger partial charge in [-0.15, -0.1) is 11.8 Å². The first-order chi connectivity index (χ1) is 10.6. The van der Waals surface area contributed by atoms with Gasteiger partial charge >= 0.3 is 0 Å². The van der Waals surface area contributed by atoms with Crippen molar-refractivity contribution in [3.8, 4) is 0 Å². The Morgan fingerprint density at radius 3 is 2.64 bits per heavy atom. The van der Waals surface area contributed by atoms with E-state index in [1.807, 2.05) is 48.2 Å². The highest BCUT2D eigenvalue weighted by Gasteiger charge is 2.28. The smallest absolute Gasteiger partial charge is 0.174 e. The van der Waals surface area contributed by atoms with Gasteiger partial charge in [0.2, 0.25) is 0 Å². The summed E-state index contributed by atoms with van der Waals surface area (Å²) in [5.41, 5.74) is 2.12. The van der Waals surface area contributed by atoms with Gasteiger partial charge in [-0.25, -0.2) is 0 Å². The molecule has 2 aromatic rings. The van der Waals surface area contributed by atoms with Gasteiger partial charge in [0.05, 0.1) is 0 Å². The van der Waals surface area contributed by atoms with E-state index in [2.05, 4.69) is 22.3 Å². The Hall–Kier alpha value is -0.940. The van der Waals surface area contributed by atoms with Crippen LogP contribution in [0.1, 0.15) is 10.9 Å². The Kier molecular flexibility index (Phi) is 5.14. The average molecular weight is 369 g/mol. The van der Waals surface area contributed by atoms with Gasteiger partial charge in [-0.2, -0.15) is 0 Å². The monoisotopic (exact) mass is 368 g/mol. The summed E-state index contributed by atoms with van der Waals surface area (Å²) >= 11 is 19.4. The standard InChI is InChI=1S/C16H14Cl2N2S2/c17-12-6-4-11(5-7-12)15-20(8-9-22-15)16(21)19-14-3-1-2-13(18)10-14/h1-7,10,15H,8-9H2,(H,19,21)/t15-/m0/s1. The summed E-state index contributed by atoms with van der Waals surface area (Å²) in [5.74, 6) is 1.05. The Morgan fingerprint density at radius 2 is 1.91 bits per heavy atom. The molecular weight excluding hydrogens is 355 g/mol. The van der Waals surface area contributed by atoms with Gasteiger partial charge in [-0.1, -0.05) is 41.4 Å². The molecule has 0 radical (unpaired) electrons. The molecule has 0 amide bonds. The van der Waals surface area contributed by atoms with E-state index < -0.39 is 0 Å². The predicted molar refractivity (Wildman–Crippen MR) is 101 cm³/mol. The Bertz CT molecular complexity index is 676. The first-order valence-corrected chi connectivity index (χ1v) is 9.05. The Labute approximate surface area is 149 Å². The number of anilines is 1. The van der Waals surface area contributed by atoms with Crippen LogP contribution >= 0.6 is 47.2 Å². The van der Waals surface area contributed by atoms with Gasteiger partial charge in [0.15, 0.2) is 5.11 Å². The minimum Gasteiger partial charge on any atom is -0.333 e. The molecule has 2 aromatic carbocycles. The second-order valence-corrected chi connectivity index (χ2v) is 7.36. The molecule has 0 bridgehead atoms. The van der Waals surface area contributed by atoms with Gasteiger partial charge in [0.25, 0.3) is 0 Å². The van der Waals surface area contributed by atoms with Gasteiger partial charge in [0, 0.05) is 28.0 Å². The number of thioether (sulfide) groups is 1. The highest BCUT2D eigenvalue weighted by molar-refractivity contribution is 7.99. The number of nitrogens with zero attached hydrogens (tertiary/aromatic N) is 1. The molecule has 6 heteroatoms. The quantitative estimate of drug-likeness (QED) is 0.709. The van der Waals surface area contributed by atoms with Crippen LogP contribution in [0.4, 0.5) is 5.69 Å². The van der Waals surface area contributed by atoms with Crippen molar-refractivity contribution in [3.63, 3.8) is 0 Å². The molecule has 2 nitrogen and oxygen atoms in total. The largest absolute Gasteiger partial charge is 0.333 e. The average Bonchev–Trinajstić information content (AvgIpc) is 2.97. The van der Waals surface area contributed by atoms with Crippen molar-refractivity contribution < 1.29 is 0 Å². The number of hydrogen-bond acceptors (Lipinski definition) is 2. The third-order valence-electron chi connectivity index (χ3n) is 3.38. The molecule has 22 heavy (non-hydrogen) atoms. The van der Waals surface area contributed by atoms with Crippen LogP contribution in [0.3, 0.4) is 0 Å². The van der Waals surface area contributed by atoms with Crippen LogP contribution in [0.5, 0.6) is 0 Å². The van der Waals surface area contributed by atoms with Gasteiger partial charge < -0.3 is 10.2 Å². The van der Waals surface area contributed by atoms with E-state index in [-0.39, 0.29) is 5.37 Å². The highest BCUT2D eigenvalue weighted by atomic mass is 35.5. The van der Waals surface area contributed by atoms with Crippen molar-refractivity contribution >= 4 is 58.0 Å². The minimum absolute atomic E-state index is 0.219. The molecule has 114 valence electrons. The molecule has 0 unspecified atom stereocenters. The number of hydrogen-bond donors (Lipinski definition) is 1. The van der Waals surface area contributed by atoms with Crippen LogP contribution in [0.25, 0.3) is 0 Å². The van der Waals surface area contributed by atoms with Crippen molar-refractivity contribution in [2.24, 2.45) is 0 Å². The summed E-state index contributed by atoms with van der Waals surface area (Å²) in [4.78, 5) is 2.20. The lowest BCUT2D eigenvalue weighted by Crippen LogP contribution is -2.34. The summed E-state index contributed by atoms with van der Waals surface area (Å²) < 4.78 is 0. The fourth-order valence-corrected chi connectivity index (χ4v) is 4.31. The third kappa shape index (κ3) is 3.69. The molecule has 0 spiro atoms. The van der Waals surface area contributed by atoms with E-state index in [1.54, 1.807) is 0 Å². The molecule has 0 aromatic heterocycles. The normalized spacial score (nSPS) is 17.5. The predicted octanol–water partition coefficient (Wildman–Crippen LogP) is 5.44. The maximum absolute atomic E-state index is 6.01. The van der Waals surface area contributed by atoms with E-state index in [9.17, 15) is 0 Å². The van der Waals surface area contributed by atoms with Crippen LogP contribution in [0, 0.1) is 0 Å². The van der Waals surface area contributed by atoms with Crippen LogP contribution in [0.15, 0.2) is 48.5 Å². The second-order valence-electron chi connectivity index (χ2n) is 4.91. The maximum atomic E-state index is 6.01. The third-order valence-corrected chi connectivity index (χ3v) is 5.47. The molecule has 0 aliphatic carbocycles. The molecule has 1 heterocycles. The second kappa shape index (κ2) is 7.09. The van der Waals surface area contributed by atoms with Crippen LogP contribution in [0.2, 0.25) is 10.0 Å². The van der Waals surface area contributed by atoms with Crippen molar-refractivity contribution in [1.29, 1.82) is 0 Å². The summed E-state index contributed by atoms with van der Waals surface area (Å²) in [7, 11) is 0. The SMILES string of the molecule is S=C(Nc1cccc(Cl)c1)N1CCS[C@H]1c1ccc(Cl)cc1. The summed E-state index contributed by atoms with van der Waals surface area (Å²) in [6, 6.07) is 15.5. The fourth-order valence-electron chi connectivity index (χ4n) is 2.34. The molecule has 0 saturated carbocycles.